The minimum Gasteiger partial charge on any atom is -0.454 e. The quantitative estimate of drug-likeness (QED) is 0.567. The molecule has 0 radical (unpaired) electrons. The molecule has 2 aromatic rings. The number of ether oxygens (including phenoxy) is 2. The second-order valence-electron chi connectivity index (χ2n) is 8.47. The minimum atomic E-state index is -3.96. The highest BCUT2D eigenvalue weighted by atomic mass is 32.2. The summed E-state index contributed by atoms with van der Waals surface area (Å²) in [4.78, 5) is 24.7. The first-order valence-corrected chi connectivity index (χ1v) is 12.3. The van der Waals surface area contributed by atoms with Crippen LogP contribution in [-0.4, -0.2) is 33.1 Å². The Kier molecular flexibility index (Phi) is 6.57. The summed E-state index contributed by atoms with van der Waals surface area (Å²) in [5, 5.41) is 5.59. The van der Waals surface area contributed by atoms with Gasteiger partial charge in [-0.3, -0.25) is 9.59 Å². The molecule has 2 heterocycles. The van der Waals surface area contributed by atoms with Crippen molar-refractivity contribution in [3.63, 3.8) is 0 Å². The summed E-state index contributed by atoms with van der Waals surface area (Å²) >= 11 is 0. The molecule has 33 heavy (non-hydrogen) atoms. The number of benzene rings is 2. The van der Waals surface area contributed by atoms with Crippen LogP contribution in [0.4, 0.5) is 5.69 Å². The van der Waals surface area contributed by atoms with E-state index in [1.165, 1.54) is 6.07 Å². The smallest absolute Gasteiger partial charge is 0.241 e. The maximum Gasteiger partial charge on any atom is 0.241 e. The number of fused-ring (bicyclic) bond motifs is 2. The number of carbonyl (C=O) groups excluding carboxylic acids is 2. The molecular weight excluding hydrogens is 446 g/mol. The van der Waals surface area contributed by atoms with Crippen LogP contribution in [0.2, 0.25) is 0 Å². The maximum absolute atomic E-state index is 13.1. The van der Waals surface area contributed by atoms with E-state index in [0.29, 0.717) is 36.4 Å². The third-order valence-electron chi connectivity index (χ3n) is 5.65. The van der Waals surface area contributed by atoms with Crippen molar-refractivity contribution in [1.29, 1.82) is 0 Å². The number of amides is 2. The van der Waals surface area contributed by atoms with Gasteiger partial charge in [0.05, 0.1) is 4.90 Å². The highest BCUT2D eigenvalue weighted by Crippen LogP contribution is 2.32. The van der Waals surface area contributed by atoms with Crippen molar-refractivity contribution in [3.8, 4) is 11.5 Å². The van der Waals surface area contributed by atoms with Gasteiger partial charge >= 0.3 is 0 Å². The number of aryl methyl sites for hydroxylation is 1. The van der Waals surface area contributed by atoms with E-state index >= 15 is 0 Å². The van der Waals surface area contributed by atoms with Gasteiger partial charge in [0, 0.05) is 18.7 Å². The van der Waals surface area contributed by atoms with Gasteiger partial charge in [-0.1, -0.05) is 19.9 Å². The first-order chi connectivity index (χ1) is 15.7. The van der Waals surface area contributed by atoms with Gasteiger partial charge in [0.25, 0.3) is 0 Å². The third kappa shape index (κ3) is 5.28. The Labute approximate surface area is 192 Å². The molecule has 1 atom stereocenters. The summed E-state index contributed by atoms with van der Waals surface area (Å²) < 4.78 is 39.3. The second-order valence-corrected chi connectivity index (χ2v) is 10.2. The summed E-state index contributed by atoms with van der Waals surface area (Å²) in [7, 11) is -3.96. The van der Waals surface area contributed by atoms with Gasteiger partial charge in [-0.25, -0.2) is 8.42 Å². The molecular formula is C23H27N3O6S. The first kappa shape index (κ1) is 23.1. The third-order valence-corrected chi connectivity index (χ3v) is 7.08. The number of hydrogen-bond acceptors (Lipinski definition) is 6. The van der Waals surface area contributed by atoms with Gasteiger partial charge in [-0.2, -0.15) is 4.72 Å². The Bertz CT molecular complexity index is 1180. The Hall–Kier alpha value is -3.11. The van der Waals surface area contributed by atoms with Crippen LogP contribution in [0.25, 0.3) is 0 Å². The molecule has 176 valence electrons. The fraction of sp³-hybridized carbons (Fsp3) is 0.391. The van der Waals surface area contributed by atoms with Gasteiger partial charge in [-0.05, 0) is 60.2 Å². The molecule has 0 fully saturated rings. The van der Waals surface area contributed by atoms with E-state index in [1.54, 1.807) is 38.1 Å². The number of rotatable bonds is 7. The summed E-state index contributed by atoms with van der Waals surface area (Å²) in [5.74, 6) is 0.479. The molecule has 0 unspecified atom stereocenters. The topological polar surface area (TPSA) is 123 Å². The van der Waals surface area contributed by atoms with Crippen LogP contribution < -0.4 is 24.8 Å². The number of sulfonamides is 1. The fourth-order valence-electron chi connectivity index (χ4n) is 3.80. The number of carbonyl (C=O) groups is 2. The average Bonchev–Trinajstić information content (AvgIpc) is 3.16. The lowest BCUT2D eigenvalue weighted by atomic mass is 10.0. The van der Waals surface area contributed by atoms with Gasteiger partial charge in [-0.15, -0.1) is 0 Å². The van der Waals surface area contributed by atoms with E-state index in [0.717, 1.165) is 11.1 Å². The predicted molar refractivity (Wildman–Crippen MR) is 121 cm³/mol. The van der Waals surface area contributed by atoms with Gasteiger partial charge in [0.15, 0.2) is 11.5 Å². The summed E-state index contributed by atoms with van der Waals surface area (Å²) in [6.45, 7) is 3.94. The molecule has 2 aliphatic heterocycles. The largest absolute Gasteiger partial charge is 0.454 e. The van der Waals surface area contributed by atoms with Crippen LogP contribution in [0.15, 0.2) is 41.3 Å². The Morgan fingerprint density at radius 2 is 1.88 bits per heavy atom. The monoisotopic (exact) mass is 473 g/mol. The van der Waals surface area contributed by atoms with E-state index < -0.39 is 22.0 Å². The molecule has 0 bridgehead atoms. The number of anilines is 1. The molecule has 2 aromatic carbocycles. The van der Waals surface area contributed by atoms with E-state index in [-0.39, 0.29) is 30.1 Å². The molecule has 0 aliphatic carbocycles. The molecule has 9 nitrogen and oxygen atoms in total. The van der Waals surface area contributed by atoms with Crippen molar-refractivity contribution >= 4 is 27.5 Å². The van der Waals surface area contributed by atoms with Crippen molar-refractivity contribution in [3.05, 3.63) is 47.5 Å². The Morgan fingerprint density at radius 1 is 1.09 bits per heavy atom. The molecule has 4 rings (SSSR count). The average molecular weight is 474 g/mol. The zero-order chi connectivity index (χ0) is 23.6. The van der Waals surface area contributed by atoms with Crippen molar-refractivity contribution in [2.45, 2.75) is 50.6 Å². The lowest BCUT2D eigenvalue weighted by molar-refractivity contribution is -0.123. The van der Waals surface area contributed by atoms with Crippen molar-refractivity contribution in [2.24, 2.45) is 5.92 Å². The van der Waals surface area contributed by atoms with Crippen LogP contribution >= 0.6 is 0 Å². The predicted octanol–water partition coefficient (Wildman–Crippen LogP) is 2.31. The van der Waals surface area contributed by atoms with Gasteiger partial charge in [0.2, 0.25) is 28.6 Å². The SMILES string of the molecule is CC(C)[C@H](NS(=O)(=O)c1ccc2c(c1)CCCC(=O)N2)C(=O)NCc1ccc2c(c1)OCO2. The molecule has 3 N–H and O–H groups in total. The molecule has 0 saturated heterocycles. The van der Waals surface area contributed by atoms with Crippen molar-refractivity contribution < 1.29 is 27.5 Å². The number of nitrogens with one attached hydrogen (secondary N) is 3. The first-order valence-electron chi connectivity index (χ1n) is 10.8. The van der Waals surface area contributed by atoms with E-state index in [2.05, 4.69) is 15.4 Å². The highest BCUT2D eigenvalue weighted by molar-refractivity contribution is 7.89. The molecule has 2 aliphatic rings. The van der Waals surface area contributed by atoms with E-state index in [4.69, 9.17) is 9.47 Å². The zero-order valence-electron chi connectivity index (χ0n) is 18.5. The minimum absolute atomic E-state index is 0.0617. The standard InChI is InChI=1S/C23H27N3O6S/c1-14(2)22(23(28)24-12-15-6-9-19-20(10-15)32-13-31-19)26-33(29,30)17-7-8-18-16(11-17)4-3-5-21(27)25-18/h6-11,14,22,26H,3-5,12-13H2,1-2H3,(H,24,28)(H,25,27)/t22-/m0/s1. The van der Waals surface area contributed by atoms with Crippen LogP contribution in [0, 0.1) is 5.92 Å². The molecule has 0 aromatic heterocycles. The van der Waals surface area contributed by atoms with Crippen molar-refractivity contribution in [1.82, 2.24) is 10.0 Å². The zero-order valence-corrected chi connectivity index (χ0v) is 19.3. The lowest BCUT2D eigenvalue weighted by Gasteiger charge is -2.22. The Balaban J connectivity index is 1.46. The van der Waals surface area contributed by atoms with Gasteiger partial charge in [0.1, 0.15) is 6.04 Å². The van der Waals surface area contributed by atoms with Crippen LogP contribution in [0.1, 0.15) is 37.8 Å². The summed E-state index contributed by atoms with van der Waals surface area (Å²) in [6, 6.07) is 9.01. The molecule has 0 spiro atoms. The maximum atomic E-state index is 13.1. The normalized spacial score (nSPS) is 16.0. The van der Waals surface area contributed by atoms with E-state index in [1.807, 2.05) is 6.07 Å². The fourth-order valence-corrected chi connectivity index (χ4v) is 5.19. The Morgan fingerprint density at radius 3 is 2.67 bits per heavy atom. The van der Waals surface area contributed by atoms with Gasteiger partial charge < -0.3 is 20.1 Å². The van der Waals surface area contributed by atoms with Crippen LogP contribution in [0.5, 0.6) is 11.5 Å². The highest BCUT2D eigenvalue weighted by Gasteiger charge is 2.29. The van der Waals surface area contributed by atoms with E-state index in [9.17, 15) is 18.0 Å². The van der Waals surface area contributed by atoms with Crippen LogP contribution in [0.3, 0.4) is 0 Å². The second kappa shape index (κ2) is 9.40. The summed E-state index contributed by atoms with van der Waals surface area (Å²) in [6.07, 6.45) is 1.64. The molecule has 0 saturated carbocycles. The number of hydrogen-bond donors (Lipinski definition) is 3. The van der Waals surface area contributed by atoms with Crippen LogP contribution in [-0.2, 0) is 32.6 Å². The molecule has 10 heteroatoms. The molecule has 2 amide bonds. The lowest BCUT2D eigenvalue weighted by Crippen LogP contribution is -2.49. The van der Waals surface area contributed by atoms with Crippen molar-refractivity contribution in [2.75, 3.05) is 12.1 Å². The summed E-state index contributed by atoms with van der Waals surface area (Å²) in [5.41, 5.74) is 2.20.